The molecular formula is C21H24N4O3. The lowest BCUT2D eigenvalue weighted by molar-refractivity contribution is 0.313. The van der Waals surface area contributed by atoms with Gasteiger partial charge in [-0.05, 0) is 31.2 Å². The van der Waals surface area contributed by atoms with Gasteiger partial charge in [0.1, 0.15) is 5.75 Å². The van der Waals surface area contributed by atoms with Gasteiger partial charge >= 0.3 is 5.63 Å². The molecular weight excluding hydrogens is 356 g/mol. The van der Waals surface area contributed by atoms with E-state index >= 15 is 0 Å². The van der Waals surface area contributed by atoms with Crippen molar-refractivity contribution in [1.82, 2.24) is 14.9 Å². The summed E-state index contributed by atoms with van der Waals surface area (Å²) >= 11 is 0. The van der Waals surface area contributed by atoms with E-state index in [-0.39, 0.29) is 5.63 Å². The van der Waals surface area contributed by atoms with Crippen LogP contribution in [0.3, 0.4) is 0 Å². The molecule has 1 saturated heterocycles. The fourth-order valence-corrected chi connectivity index (χ4v) is 3.63. The molecule has 0 radical (unpaired) electrons. The molecule has 0 saturated carbocycles. The number of benzene rings is 1. The van der Waals surface area contributed by atoms with Crippen molar-refractivity contribution in [2.24, 2.45) is 0 Å². The molecule has 7 heteroatoms. The third-order valence-electron chi connectivity index (χ3n) is 5.28. The van der Waals surface area contributed by atoms with E-state index in [1.54, 1.807) is 19.4 Å². The smallest absolute Gasteiger partial charge is 0.347 e. The zero-order valence-corrected chi connectivity index (χ0v) is 16.4. The first-order chi connectivity index (χ1) is 13.6. The van der Waals surface area contributed by atoms with Gasteiger partial charge in [-0.3, -0.25) is 4.98 Å². The Morgan fingerprint density at radius 1 is 1.21 bits per heavy atom. The maximum atomic E-state index is 12.8. The van der Waals surface area contributed by atoms with E-state index in [9.17, 15) is 4.79 Å². The van der Waals surface area contributed by atoms with Crippen molar-refractivity contribution in [2.45, 2.75) is 13.3 Å². The Labute approximate surface area is 163 Å². The van der Waals surface area contributed by atoms with E-state index in [0.29, 0.717) is 29.0 Å². The lowest BCUT2D eigenvalue weighted by Crippen LogP contribution is -2.44. The van der Waals surface area contributed by atoms with Crippen LogP contribution in [0.25, 0.3) is 22.4 Å². The Morgan fingerprint density at radius 3 is 2.71 bits per heavy atom. The van der Waals surface area contributed by atoms with Gasteiger partial charge in [0.05, 0.1) is 35.5 Å². The standard InChI is InChI=1S/C21H24N4O3/c1-4-14-11-15(27-3)12-17-19(14)21(26)28-20(23-17)16-5-6-22-13-18(16)25-9-7-24(2)8-10-25/h5-6,11-13H,4,7-10H2,1-3H3. The number of aromatic nitrogens is 2. The summed E-state index contributed by atoms with van der Waals surface area (Å²) in [6, 6.07) is 5.50. The average Bonchev–Trinajstić information content (AvgIpc) is 2.73. The molecule has 146 valence electrons. The molecule has 0 atom stereocenters. The van der Waals surface area contributed by atoms with Gasteiger partial charge in [0.25, 0.3) is 0 Å². The number of rotatable bonds is 4. The highest BCUT2D eigenvalue weighted by atomic mass is 16.5. The molecule has 0 unspecified atom stereocenters. The molecule has 1 aromatic carbocycles. The zero-order chi connectivity index (χ0) is 19.7. The number of nitrogens with zero attached hydrogens (tertiary/aromatic N) is 4. The van der Waals surface area contributed by atoms with Crippen LogP contribution in [0.15, 0.2) is 39.8 Å². The van der Waals surface area contributed by atoms with Crippen LogP contribution in [0.4, 0.5) is 5.69 Å². The molecule has 3 aromatic rings. The van der Waals surface area contributed by atoms with Crippen molar-refractivity contribution >= 4 is 16.6 Å². The predicted molar refractivity (Wildman–Crippen MR) is 109 cm³/mol. The second kappa shape index (κ2) is 7.59. The van der Waals surface area contributed by atoms with Gasteiger partial charge in [-0.1, -0.05) is 6.92 Å². The van der Waals surface area contributed by atoms with Crippen LogP contribution in [-0.2, 0) is 6.42 Å². The molecule has 4 rings (SSSR count). The zero-order valence-electron chi connectivity index (χ0n) is 16.4. The molecule has 0 bridgehead atoms. The summed E-state index contributed by atoms with van der Waals surface area (Å²) in [6.45, 7) is 5.72. The Kier molecular flexibility index (Phi) is 5.00. The number of hydrogen-bond donors (Lipinski definition) is 0. The second-order valence-electron chi connectivity index (χ2n) is 7.02. The summed E-state index contributed by atoms with van der Waals surface area (Å²) in [7, 11) is 3.73. The summed E-state index contributed by atoms with van der Waals surface area (Å²) < 4.78 is 11.1. The molecule has 1 aliphatic rings. The lowest BCUT2D eigenvalue weighted by atomic mass is 10.1. The van der Waals surface area contributed by atoms with E-state index in [2.05, 4.69) is 26.8 Å². The number of pyridine rings is 1. The second-order valence-corrected chi connectivity index (χ2v) is 7.02. The number of likely N-dealkylation sites (N-methyl/N-ethyl adjacent to an activating group) is 1. The van der Waals surface area contributed by atoms with Crippen LogP contribution < -0.4 is 15.3 Å². The van der Waals surface area contributed by atoms with Crippen molar-refractivity contribution in [1.29, 1.82) is 0 Å². The first-order valence-electron chi connectivity index (χ1n) is 9.50. The van der Waals surface area contributed by atoms with Crippen LogP contribution in [0.2, 0.25) is 0 Å². The molecule has 0 aliphatic carbocycles. The predicted octanol–water partition coefficient (Wildman–Crippen LogP) is 2.57. The fourth-order valence-electron chi connectivity index (χ4n) is 3.63. The number of methoxy groups -OCH3 is 1. The molecule has 1 fully saturated rings. The molecule has 2 aromatic heterocycles. The number of ether oxygens (including phenoxy) is 1. The Morgan fingerprint density at radius 2 is 2.00 bits per heavy atom. The lowest BCUT2D eigenvalue weighted by Gasteiger charge is -2.34. The number of piperazine rings is 1. The Balaban J connectivity index is 1.85. The molecule has 7 nitrogen and oxygen atoms in total. The summed E-state index contributed by atoms with van der Waals surface area (Å²) in [4.78, 5) is 26.3. The third-order valence-corrected chi connectivity index (χ3v) is 5.28. The SMILES string of the molecule is CCc1cc(OC)cc2nc(-c3ccncc3N3CCN(C)CC3)oc(=O)c12. The van der Waals surface area contributed by atoms with E-state index < -0.39 is 0 Å². The molecule has 3 heterocycles. The van der Waals surface area contributed by atoms with E-state index in [4.69, 9.17) is 9.15 Å². The quantitative estimate of drug-likeness (QED) is 0.689. The first-order valence-corrected chi connectivity index (χ1v) is 9.50. The summed E-state index contributed by atoms with van der Waals surface area (Å²) in [5.41, 5.74) is 2.80. The number of fused-ring (bicyclic) bond motifs is 1. The normalized spacial score (nSPS) is 15.2. The maximum Gasteiger partial charge on any atom is 0.347 e. The topological polar surface area (TPSA) is 71.7 Å². The largest absolute Gasteiger partial charge is 0.497 e. The van der Waals surface area contributed by atoms with Crippen molar-refractivity contribution in [3.05, 3.63) is 46.6 Å². The molecule has 28 heavy (non-hydrogen) atoms. The highest BCUT2D eigenvalue weighted by molar-refractivity contribution is 5.85. The van der Waals surface area contributed by atoms with Gasteiger partial charge in [0.2, 0.25) is 5.89 Å². The minimum atomic E-state index is -0.374. The first kappa shape index (κ1) is 18.4. The highest BCUT2D eigenvalue weighted by Crippen LogP contribution is 2.31. The molecule has 0 amide bonds. The summed E-state index contributed by atoms with van der Waals surface area (Å²) in [5, 5.41) is 0.516. The number of aryl methyl sites for hydroxylation is 1. The third kappa shape index (κ3) is 3.33. The van der Waals surface area contributed by atoms with Gasteiger partial charge < -0.3 is 19.0 Å². The van der Waals surface area contributed by atoms with Crippen LogP contribution in [0, 0.1) is 0 Å². The van der Waals surface area contributed by atoms with Gasteiger partial charge in [0.15, 0.2) is 0 Å². The van der Waals surface area contributed by atoms with E-state index in [1.165, 1.54) is 0 Å². The molecule has 0 spiro atoms. The van der Waals surface area contributed by atoms with E-state index in [1.807, 2.05) is 25.3 Å². The Bertz CT molecular complexity index is 1060. The van der Waals surface area contributed by atoms with Crippen molar-refractivity contribution < 1.29 is 9.15 Å². The van der Waals surface area contributed by atoms with Crippen LogP contribution in [0.1, 0.15) is 12.5 Å². The van der Waals surface area contributed by atoms with Crippen LogP contribution in [-0.4, -0.2) is 55.2 Å². The minimum absolute atomic E-state index is 0.309. The van der Waals surface area contributed by atoms with Crippen molar-refractivity contribution in [2.75, 3.05) is 45.2 Å². The monoisotopic (exact) mass is 380 g/mol. The average molecular weight is 380 g/mol. The highest BCUT2D eigenvalue weighted by Gasteiger charge is 2.21. The molecule has 0 N–H and O–H groups in total. The van der Waals surface area contributed by atoms with E-state index in [0.717, 1.165) is 43.0 Å². The summed E-state index contributed by atoms with van der Waals surface area (Å²) in [5.74, 6) is 0.992. The van der Waals surface area contributed by atoms with Gasteiger partial charge in [-0.25, -0.2) is 9.78 Å². The van der Waals surface area contributed by atoms with Gasteiger partial charge in [-0.2, -0.15) is 0 Å². The number of hydrogen-bond acceptors (Lipinski definition) is 7. The van der Waals surface area contributed by atoms with Crippen molar-refractivity contribution in [3.8, 4) is 17.2 Å². The number of anilines is 1. The minimum Gasteiger partial charge on any atom is -0.497 e. The molecule has 1 aliphatic heterocycles. The fraction of sp³-hybridized carbons (Fsp3) is 0.381. The van der Waals surface area contributed by atoms with Gasteiger partial charge in [-0.15, -0.1) is 0 Å². The Hall–Kier alpha value is -2.93. The van der Waals surface area contributed by atoms with Crippen molar-refractivity contribution in [3.63, 3.8) is 0 Å². The van der Waals surface area contributed by atoms with Crippen LogP contribution >= 0.6 is 0 Å². The van der Waals surface area contributed by atoms with Crippen LogP contribution in [0.5, 0.6) is 5.75 Å². The summed E-state index contributed by atoms with van der Waals surface area (Å²) in [6.07, 6.45) is 4.21. The maximum absolute atomic E-state index is 12.8. The van der Waals surface area contributed by atoms with Gasteiger partial charge in [0, 0.05) is 38.4 Å².